The van der Waals surface area contributed by atoms with Gasteiger partial charge in [-0.25, -0.2) is 4.98 Å². The molecule has 0 spiro atoms. The van der Waals surface area contributed by atoms with Crippen molar-refractivity contribution in [3.8, 4) is 11.3 Å². The number of hydrogen-bond donors (Lipinski definition) is 3. The molecule has 4 aromatic rings. The zero-order valence-electron chi connectivity index (χ0n) is 12.7. The predicted octanol–water partition coefficient (Wildman–Crippen LogP) is 4.13. The number of aromatic amines is 2. The van der Waals surface area contributed by atoms with Crippen LogP contribution in [0.4, 0.5) is 5.69 Å². The van der Waals surface area contributed by atoms with Crippen molar-refractivity contribution in [2.75, 3.05) is 5.32 Å². The zero-order chi connectivity index (χ0) is 15.6. The summed E-state index contributed by atoms with van der Waals surface area (Å²) in [5.41, 5.74) is 4.28. The molecule has 0 saturated carbocycles. The van der Waals surface area contributed by atoms with Crippen molar-refractivity contribution in [3.05, 3.63) is 67.0 Å². The second kappa shape index (κ2) is 5.61. The summed E-state index contributed by atoms with van der Waals surface area (Å²) in [6.45, 7) is 2.09. The number of rotatable bonds is 4. The molecule has 0 bridgehead atoms. The van der Waals surface area contributed by atoms with Crippen molar-refractivity contribution in [2.45, 2.75) is 13.0 Å². The third-order valence-corrected chi connectivity index (χ3v) is 3.96. The average molecular weight is 303 g/mol. The van der Waals surface area contributed by atoms with Crippen molar-refractivity contribution in [1.29, 1.82) is 0 Å². The van der Waals surface area contributed by atoms with E-state index in [9.17, 15) is 0 Å². The number of para-hydroxylation sites is 1. The quantitative estimate of drug-likeness (QED) is 0.531. The van der Waals surface area contributed by atoms with Crippen molar-refractivity contribution < 1.29 is 0 Å². The van der Waals surface area contributed by atoms with E-state index in [4.69, 9.17) is 0 Å². The topological polar surface area (TPSA) is 69.4 Å². The predicted molar refractivity (Wildman–Crippen MR) is 92.2 cm³/mol. The zero-order valence-corrected chi connectivity index (χ0v) is 12.7. The van der Waals surface area contributed by atoms with Gasteiger partial charge in [0.05, 0.1) is 23.6 Å². The molecule has 0 aliphatic heterocycles. The Morgan fingerprint density at radius 3 is 2.78 bits per heavy atom. The molecule has 0 fully saturated rings. The standard InChI is InChI=1S/C18H17N5/c1-12(22-17-11-20-15-5-3-2-4-14(15)17)18-21-10-16(23-18)13-6-8-19-9-7-13/h2-12,20,22H,1H3,(H,21,23). The molecule has 1 atom stereocenters. The Bertz CT molecular complexity index is 923. The van der Waals surface area contributed by atoms with E-state index in [0.29, 0.717) is 0 Å². The minimum absolute atomic E-state index is 0.0739. The van der Waals surface area contributed by atoms with Crippen LogP contribution < -0.4 is 5.32 Å². The van der Waals surface area contributed by atoms with Gasteiger partial charge in [0.1, 0.15) is 5.82 Å². The van der Waals surface area contributed by atoms with Gasteiger partial charge >= 0.3 is 0 Å². The number of aromatic nitrogens is 4. The Morgan fingerprint density at radius 2 is 1.91 bits per heavy atom. The van der Waals surface area contributed by atoms with Gasteiger partial charge in [-0.3, -0.25) is 4.98 Å². The average Bonchev–Trinajstić information content (AvgIpc) is 3.24. The van der Waals surface area contributed by atoms with E-state index in [1.165, 1.54) is 5.39 Å². The van der Waals surface area contributed by atoms with E-state index in [1.807, 2.05) is 36.7 Å². The molecule has 0 amide bonds. The number of hydrogen-bond acceptors (Lipinski definition) is 3. The fourth-order valence-corrected chi connectivity index (χ4v) is 2.73. The molecule has 1 aromatic carbocycles. The number of H-pyrrole nitrogens is 2. The number of nitrogens with zero attached hydrogens (tertiary/aromatic N) is 2. The van der Waals surface area contributed by atoms with Crippen LogP contribution >= 0.6 is 0 Å². The van der Waals surface area contributed by atoms with Gasteiger partial charge in [0, 0.05) is 35.1 Å². The number of anilines is 1. The number of benzene rings is 1. The highest BCUT2D eigenvalue weighted by Crippen LogP contribution is 2.26. The number of nitrogens with one attached hydrogen (secondary N) is 3. The van der Waals surface area contributed by atoms with Crippen LogP contribution in [0.1, 0.15) is 18.8 Å². The van der Waals surface area contributed by atoms with Crippen LogP contribution in [-0.2, 0) is 0 Å². The maximum Gasteiger partial charge on any atom is 0.128 e. The summed E-state index contributed by atoms with van der Waals surface area (Å²) in [7, 11) is 0. The highest BCUT2D eigenvalue weighted by molar-refractivity contribution is 5.92. The molecule has 5 nitrogen and oxygen atoms in total. The van der Waals surface area contributed by atoms with E-state index in [1.54, 1.807) is 12.4 Å². The molecule has 3 heterocycles. The summed E-state index contributed by atoms with van der Waals surface area (Å²) in [5, 5.41) is 4.69. The van der Waals surface area contributed by atoms with Crippen LogP contribution in [0.2, 0.25) is 0 Å². The second-order valence-corrected chi connectivity index (χ2v) is 5.53. The van der Waals surface area contributed by atoms with Crippen molar-refractivity contribution in [1.82, 2.24) is 19.9 Å². The first-order valence-electron chi connectivity index (χ1n) is 7.59. The van der Waals surface area contributed by atoms with Crippen molar-refractivity contribution in [2.24, 2.45) is 0 Å². The van der Waals surface area contributed by atoms with Gasteiger partial charge in [0.25, 0.3) is 0 Å². The first-order valence-corrected chi connectivity index (χ1v) is 7.59. The van der Waals surface area contributed by atoms with E-state index >= 15 is 0 Å². The van der Waals surface area contributed by atoms with Gasteiger partial charge in [0.15, 0.2) is 0 Å². The Morgan fingerprint density at radius 1 is 1.09 bits per heavy atom. The normalized spacial score (nSPS) is 12.4. The summed E-state index contributed by atoms with van der Waals surface area (Å²) in [6, 6.07) is 12.2. The Labute approximate surface area is 133 Å². The van der Waals surface area contributed by atoms with E-state index in [-0.39, 0.29) is 6.04 Å². The van der Waals surface area contributed by atoms with Crippen molar-refractivity contribution in [3.63, 3.8) is 0 Å². The number of pyridine rings is 1. The molecule has 0 aliphatic carbocycles. The van der Waals surface area contributed by atoms with E-state index < -0.39 is 0 Å². The summed E-state index contributed by atoms with van der Waals surface area (Å²) in [6.07, 6.45) is 7.42. The van der Waals surface area contributed by atoms with Gasteiger partial charge in [-0.1, -0.05) is 18.2 Å². The molecular weight excluding hydrogens is 286 g/mol. The monoisotopic (exact) mass is 303 g/mol. The van der Waals surface area contributed by atoms with E-state index in [2.05, 4.69) is 44.3 Å². The highest BCUT2D eigenvalue weighted by Gasteiger charge is 2.12. The van der Waals surface area contributed by atoms with Gasteiger partial charge in [-0.2, -0.15) is 0 Å². The minimum atomic E-state index is 0.0739. The fraction of sp³-hybridized carbons (Fsp3) is 0.111. The minimum Gasteiger partial charge on any atom is -0.374 e. The lowest BCUT2D eigenvalue weighted by atomic mass is 10.2. The first-order chi connectivity index (χ1) is 11.3. The molecule has 0 aliphatic rings. The summed E-state index contributed by atoms with van der Waals surface area (Å²) in [5.74, 6) is 0.905. The molecule has 0 radical (unpaired) electrons. The lowest BCUT2D eigenvalue weighted by Crippen LogP contribution is -2.07. The van der Waals surface area contributed by atoms with Crippen LogP contribution in [0.25, 0.3) is 22.2 Å². The molecule has 4 rings (SSSR count). The first kappa shape index (κ1) is 13.6. The Balaban J connectivity index is 1.58. The maximum absolute atomic E-state index is 4.50. The molecule has 3 aromatic heterocycles. The summed E-state index contributed by atoms with van der Waals surface area (Å²) in [4.78, 5) is 15.2. The van der Waals surface area contributed by atoms with Crippen LogP contribution in [-0.4, -0.2) is 19.9 Å². The Hall–Kier alpha value is -3.08. The summed E-state index contributed by atoms with van der Waals surface area (Å²) < 4.78 is 0. The molecule has 5 heteroatoms. The van der Waals surface area contributed by atoms with Crippen LogP contribution in [0.3, 0.4) is 0 Å². The highest BCUT2D eigenvalue weighted by atomic mass is 15.0. The third-order valence-electron chi connectivity index (χ3n) is 3.96. The largest absolute Gasteiger partial charge is 0.374 e. The van der Waals surface area contributed by atoms with Crippen LogP contribution in [0.5, 0.6) is 0 Å². The van der Waals surface area contributed by atoms with E-state index in [0.717, 1.165) is 28.3 Å². The number of fused-ring (bicyclic) bond motifs is 1. The van der Waals surface area contributed by atoms with Crippen molar-refractivity contribution >= 4 is 16.6 Å². The molecular formula is C18H17N5. The van der Waals surface area contributed by atoms with Gasteiger partial charge in [-0.15, -0.1) is 0 Å². The Kier molecular flexibility index (Phi) is 3.31. The van der Waals surface area contributed by atoms with Gasteiger partial charge in [0.2, 0.25) is 0 Å². The smallest absolute Gasteiger partial charge is 0.128 e. The third kappa shape index (κ3) is 2.57. The van der Waals surface area contributed by atoms with Gasteiger partial charge in [-0.05, 0) is 25.1 Å². The molecule has 3 N–H and O–H groups in total. The number of imidazole rings is 1. The maximum atomic E-state index is 4.50. The lowest BCUT2D eigenvalue weighted by Gasteiger charge is -2.12. The van der Waals surface area contributed by atoms with Crippen LogP contribution in [0.15, 0.2) is 61.2 Å². The SMILES string of the molecule is CC(Nc1c[nH]c2ccccc12)c1ncc(-c2ccncc2)[nH]1. The van der Waals surface area contributed by atoms with Crippen LogP contribution in [0, 0.1) is 0 Å². The lowest BCUT2D eigenvalue weighted by molar-refractivity contribution is 0.812. The molecule has 114 valence electrons. The van der Waals surface area contributed by atoms with Gasteiger partial charge < -0.3 is 15.3 Å². The molecule has 23 heavy (non-hydrogen) atoms. The summed E-state index contributed by atoms with van der Waals surface area (Å²) >= 11 is 0. The molecule has 1 unspecified atom stereocenters. The fourth-order valence-electron chi connectivity index (χ4n) is 2.73. The molecule has 0 saturated heterocycles. The second-order valence-electron chi connectivity index (χ2n) is 5.53.